The van der Waals surface area contributed by atoms with E-state index in [1.807, 2.05) is 26.0 Å². The van der Waals surface area contributed by atoms with Gasteiger partial charge in [0.15, 0.2) is 0 Å². The van der Waals surface area contributed by atoms with E-state index in [-0.39, 0.29) is 37.9 Å². The van der Waals surface area contributed by atoms with E-state index in [1.165, 1.54) is 12.0 Å². The Kier molecular flexibility index (Phi) is 6.93. The molecular formula is C22H27F2N3O3S. The average Bonchev–Trinajstić information content (AvgIpc) is 3.21. The van der Waals surface area contributed by atoms with Gasteiger partial charge in [-0.2, -0.15) is 0 Å². The van der Waals surface area contributed by atoms with Crippen LogP contribution < -0.4 is 5.32 Å². The van der Waals surface area contributed by atoms with Crippen molar-refractivity contribution in [3.05, 3.63) is 35.5 Å². The van der Waals surface area contributed by atoms with E-state index in [9.17, 15) is 18.4 Å². The molecule has 1 aromatic heterocycles. The van der Waals surface area contributed by atoms with Gasteiger partial charge in [0.2, 0.25) is 0 Å². The third-order valence-corrected chi connectivity index (χ3v) is 6.56. The minimum atomic E-state index is -2.68. The van der Waals surface area contributed by atoms with Crippen molar-refractivity contribution in [2.24, 2.45) is 5.41 Å². The number of rotatable bonds is 6. The first-order valence-corrected chi connectivity index (χ1v) is 11.0. The van der Waals surface area contributed by atoms with Gasteiger partial charge >= 0.3 is 12.0 Å². The van der Waals surface area contributed by atoms with Gasteiger partial charge in [0.25, 0.3) is 5.92 Å². The Hall–Kier alpha value is -2.55. The standard InChI is InChI=1S/C22H27F2N3O3S/c1-21(2,19(28)30-3)9-8-18-25-14-17(31-18)15-4-6-16(7-5-15)26-20(29)27-12-10-22(23,24)11-13-27/h4-7,14H,8-13H2,1-3H3,(H,26,29). The highest BCUT2D eigenvalue weighted by molar-refractivity contribution is 7.15. The van der Waals surface area contributed by atoms with Crippen LogP contribution in [0.5, 0.6) is 0 Å². The van der Waals surface area contributed by atoms with E-state index in [4.69, 9.17) is 4.74 Å². The molecule has 1 saturated heterocycles. The zero-order valence-electron chi connectivity index (χ0n) is 17.9. The van der Waals surface area contributed by atoms with Crippen molar-refractivity contribution in [1.82, 2.24) is 9.88 Å². The fourth-order valence-electron chi connectivity index (χ4n) is 3.31. The molecule has 0 atom stereocenters. The summed E-state index contributed by atoms with van der Waals surface area (Å²) in [6, 6.07) is 6.97. The Labute approximate surface area is 184 Å². The lowest BCUT2D eigenvalue weighted by Gasteiger charge is -2.31. The first-order chi connectivity index (χ1) is 14.6. The SMILES string of the molecule is COC(=O)C(C)(C)CCc1ncc(-c2ccc(NC(=O)N3CCC(F)(F)CC3)cc2)s1. The van der Waals surface area contributed by atoms with Gasteiger partial charge in [0.1, 0.15) is 0 Å². The summed E-state index contributed by atoms with van der Waals surface area (Å²) in [4.78, 5) is 31.0. The van der Waals surface area contributed by atoms with Crippen LogP contribution in [0.4, 0.5) is 19.3 Å². The molecule has 1 aromatic carbocycles. The molecule has 1 aliphatic heterocycles. The number of carbonyl (C=O) groups excluding carboxylic acids is 2. The van der Waals surface area contributed by atoms with E-state index in [0.717, 1.165) is 15.4 Å². The van der Waals surface area contributed by atoms with E-state index >= 15 is 0 Å². The molecule has 1 aliphatic rings. The maximum atomic E-state index is 13.3. The Morgan fingerprint density at radius 1 is 1.23 bits per heavy atom. The summed E-state index contributed by atoms with van der Waals surface area (Å²) >= 11 is 1.56. The summed E-state index contributed by atoms with van der Waals surface area (Å²) in [5.41, 5.74) is 1.01. The van der Waals surface area contributed by atoms with Crippen LogP contribution >= 0.6 is 11.3 Å². The smallest absolute Gasteiger partial charge is 0.321 e. The van der Waals surface area contributed by atoms with Crippen molar-refractivity contribution in [3.63, 3.8) is 0 Å². The quantitative estimate of drug-likeness (QED) is 0.613. The van der Waals surface area contributed by atoms with Gasteiger partial charge in [0.05, 0.1) is 22.4 Å². The average molecular weight is 452 g/mol. The number of halogens is 2. The molecule has 0 saturated carbocycles. The number of methoxy groups -OCH3 is 1. The van der Waals surface area contributed by atoms with Gasteiger partial charge in [-0.3, -0.25) is 4.79 Å². The van der Waals surface area contributed by atoms with E-state index in [1.54, 1.807) is 29.7 Å². The predicted octanol–water partition coefficient (Wildman–Crippen LogP) is 5.20. The second kappa shape index (κ2) is 9.30. The van der Waals surface area contributed by atoms with Gasteiger partial charge in [-0.05, 0) is 38.0 Å². The number of carbonyl (C=O) groups is 2. The number of hydrogen-bond donors (Lipinski definition) is 1. The van der Waals surface area contributed by atoms with Crippen LogP contribution in [-0.4, -0.2) is 48.0 Å². The number of thiazole rings is 1. The molecule has 0 aliphatic carbocycles. The summed E-state index contributed by atoms with van der Waals surface area (Å²) in [5, 5.41) is 3.70. The maximum absolute atomic E-state index is 13.3. The molecule has 6 nitrogen and oxygen atoms in total. The number of aromatic nitrogens is 1. The maximum Gasteiger partial charge on any atom is 0.321 e. The number of aryl methyl sites for hydroxylation is 1. The van der Waals surface area contributed by atoms with Crippen molar-refractivity contribution in [3.8, 4) is 10.4 Å². The van der Waals surface area contributed by atoms with Gasteiger partial charge in [-0.25, -0.2) is 18.6 Å². The number of piperidine rings is 1. The molecule has 2 heterocycles. The van der Waals surface area contributed by atoms with E-state index in [0.29, 0.717) is 18.5 Å². The molecule has 3 rings (SSSR count). The Bertz CT molecular complexity index is 918. The molecule has 2 aromatic rings. The number of nitrogens with zero attached hydrogens (tertiary/aromatic N) is 2. The normalized spacial score (nSPS) is 16.1. The van der Waals surface area contributed by atoms with Crippen LogP contribution in [0.2, 0.25) is 0 Å². The Balaban J connectivity index is 1.56. The van der Waals surface area contributed by atoms with E-state index < -0.39 is 11.3 Å². The summed E-state index contributed by atoms with van der Waals surface area (Å²) in [5.74, 6) is -2.92. The Morgan fingerprint density at radius 3 is 2.48 bits per heavy atom. The molecule has 0 spiro atoms. The topological polar surface area (TPSA) is 71.5 Å². The van der Waals surface area contributed by atoms with Crippen LogP contribution in [0, 0.1) is 5.41 Å². The van der Waals surface area contributed by atoms with Crippen LogP contribution in [0.15, 0.2) is 30.5 Å². The monoisotopic (exact) mass is 451 g/mol. The summed E-state index contributed by atoms with van der Waals surface area (Å²) in [7, 11) is 1.39. The van der Waals surface area contributed by atoms with Crippen molar-refractivity contribution >= 4 is 29.0 Å². The number of nitrogens with one attached hydrogen (secondary N) is 1. The largest absolute Gasteiger partial charge is 0.469 e. The predicted molar refractivity (Wildman–Crippen MR) is 116 cm³/mol. The molecular weight excluding hydrogens is 424 g/mol. The third kappa shape index (κ3) is 6.00. The van der Waals surface area contributed by atoms with Crippen LogP contribution in [-0.2, 0) is 16.0 Å². The summed E-state index contributed by atoms with van der Waals surface area (Å²) < 4.78 is 31.3. The van der Waals surface area contributed by atoms with Gasteiger partial charge in [-0.15, -0.1) is 11.3 Å². The zero-order chi connectivity index (χ0) is 22.6. The van der Waals surface area contributed by atoms with Crippen LogP contribution in [0.3, 0.4) is 0 Å². The van der Waals surface area contributed by atoms with Gasteiger partial charge in [0, 0.05) is 44.2 Å². The fourth-order valence-corrected chi connectivity index (χ4v) is 4.24. The molecule has 31 heavy (non-hydrogen) atoms. The number of urea groups is 1. The molecule has 0 unspecified atom stereocenters. The molecule has 0 radical (unpaired) electrons. The number of hydrogen-bond acceptors (Lipinski definition) is 5. The second-order valence-corrected chi connectivity index (χ2v) is 9.46. The number of amides is 2. The van der Waals surface area contributed by atoms with Gasteiger partial charge in [-0.1, -0.05) is 12.1 Å². The van der Waals surface area contributed by atoms with Crippen molar-refractivity contribution in [2.45, 2.75) is 45.5 Å². The highest BCUT2D eigenvalue weighted by Gasteiger charge is 2.35. The first-order valence-electron chi connectivity index (χ1n) is 10.2. The molecule has 168 valence electrons. The molecule has 9 heteroatoms. The second-order valence-electron chi connectivity index (χ2n) is 8.34. The lowest BCUT2D eigenvalue weighted by atomic mass is 9.88. The molecule has 2 amide bonds. The zero-order valence-corrected chi connectivity index (χ0v) is 18.7. The minimum Gasteiger partial charge on any atom is -0.469 e. The lowest BCUT2D eigenvalue weighted by Crippen LogP contribution is -2.44. The van der Waals surface area contributed by atoms with Gasteiger partial charge < -0.3 is 15.0 Å². The third-order valence-electron chi connectivity index (χ3n) is 5.46. The number of alkyl halides is 2. The van der Waals surface area contributed by atoms with Crippen molar-refractivity contribution < 1.29 is 23.1 Å². The molecule has 0 bridgehead atoms. The fraction of sp³-hybridized carbons (Fsp3) is 0.500. The van der Waals surface area contributed by atoms with Crippen LogP contribution in [0.1, 0.15) is 38.1 Å². The minimum absolute atomic E-state index is 0.0490. The highest BCUT2D eigenvalue weighted by Crippen LogP contribution is 2.31. The lowest BCUT2D eigenvalue weighted by molar-refractivity contribution is -0.151. The Morgan fingerprint density at radius 2 is 1.87 bits per heavy atom. The van der Waals surface area contributed by atoms with Crippen LogP contribution in [0.25, 0.3) is 10.4 Å². The summed E-state index contributed by atoms with van der Waals surface area (Å²) in [6.07, 6.45) is 2.51. The molecule has 1 fully saturated rings. The van der Waals surface area contributed by atoms with Crippen molar-refractivity contribution in [2.75, 3.05) is 25.5 Å². The number of esters is 1. The van der Waals surface area contributed by atoms with Crippen molar-refractivity contribution in [1.29, 1.82) is 0 Å². The first kappa shape index (κ1) is 23.1. The summed E-state index contributed by atoms with van der Waals surface area (Å²) in [6.45, 7) is 3.81. The number of anilines is 1. The number of ether oxygens (including phenoxy) is 1. The number of benzene rings is 1. The van der Waals surface area contributed by atoms with E-state index in [2.05, 4.69) is 10.3 Å². The molecule has 1 N–H and O–H groups in total. The highest BCUT2D eigenvalue weighted by atomic mass is 32.1. The number of likely N-dealkylation sites (tertiary alicyclic amines) is 1.